The molecule has 0 fully saturated rings. The molecule has 7 nitrogen and oxygen atoms in total. The van der Waals surface area contributed by atoms with E-state index in [0.717, 1.165) is 34.2 Å². The second-order valence-corrected chi connectivity index (χ2v) is 8.32. The van der Waals surface area contributed by atoms with E-state index in [4.69, 9.17) is 11.6 Å². The molecule has 0 spiro atoms. The Hall–Kier alpha value is -4.04. The molecule has 0 saturated heterocycles. The molecular formula is C27H29FN6O. The van der Waals surface area contributed by atoms with Crippen LogP contribution in [0.25, 0.3) is 16.6 Å². The lowest BCUT2D eigenvalue weighted by atomic mass is 9.97. The third-order valence-electron chi connectivity index (χ3n) is 5.92. The van der Waals surface area contributed by atoms with Crippen LogP contribution in [0.4, 0.5) is 10.2 Å². The summed E-state index contributed by atoms with van der Waals surface area (Å²) in [5.41, 5.74) is 10.5. The molecule has 4 rings (SSSR count). The number of rotatable bonds is 8. The van der Waals surface area contributed by atoms with Crippen LogP contribution in [0.15, 0.2) is 77.6 Å². The predicted molar refractivity (Wildman–Crippen MR) is 140 cm³/mol. The van der Waals surface area contributed by atoms with Crippen molar-refractivity contribution in [3.63, 3.8) is 0 Å². The fourth-order valence-corrected chi connectivity index (χ4v) is 4.11. The number of nitrogens with zero attached hydrogens (tertiary/aromatic N) is 3. The Bertz CT molecular complexity index is 1340. The third-order valence-corrected chi connectivity index (χ3v) is 5.92. The molecule has 3 heterocycles. The average Bonchev–Trinajstić information content (AvgIpc) is 3.16. The van der Waals surface area contributed by atoms with Crippen molar-refractivity contribution >= 4 is 34.5 Å². The van der Waals surface area contributed by atoms with Gasteiger partial charge in [0.15, 0.2) is 5.65 Å². The number of carbonyl (C=O) groups is 1. The first kappa shape index (κ1) is 24.1. The van der Waals surface area contributed by atoms with Gasteiger partial charge in [0.2, 0.25) is 5.91 Å². The van der Waals surface area contributed by atoms with Crippen LogP contribution in [-0.2, 0) is 17.6 Å². The number of carbonyl (C=O) groups excluding carboxylic acids is 1. The first-order valence-corrected chi connectivity index (χ1v) is 11.6. The van der Waals surface area contributed by atoms with E-state index in [9.17, 15) is 9.18 Å². The normalized spacial score (nSPS) is 14.9. The number of pyridine rings is 1. The molecule has 0 bridgehead atoms. The van der Waals surface area contributed by atoms with Gasteiger partial charge in [0.1, 0.15) is 11.6 Å². The quantitative estimate of drug-likeness (QED) is 0.339. The highest BCUT2D eigenvalue weighted by Crippen LogP contribution is 2.33. The van der Waals surface area contributed by atoms with Crippen LogP contribution in [0, 0.1) is 0 Å². The number of halogens is 1. The topological polar surface area (TPSA) is 111 Å². The van der Waals surface area contributed by atoms with Crippen molar-refractivity contribution in [3.8, 4) is 0 Å². The van der Waals surface area contributed by atoms with Crippen LogP contribution in [0.5, 0.6) is 0 Å². The Kier molecular flexibility index (Phi) is 7.52. The van der Waals surface area contributed by atoms with Crippen LogP contribution >= 0.6 is 0 Å². The summed E-state index contributed by atoms with van der Waals surface area (Å²) in [7, 11) is 0. The van der Waals surface area contributed by atoms with Crippen molar-refractivity contribution < 1.29 is 9.18 Å². The number of fused-ring (bicyclic) bond motifs is 1. The van der Waals surface area contributed by atoms with E-state index in [1.165, 1.54) is 16.8 Å². The van der Waals surface area contributed by atoms with E-state index in [1.807, 2.05) is 42.5 Å². The standard InChI is InChI=1S/C27H29FN6O/c1-2-20(28)9-6-10-23-25(19-13-15-31-16-14-19)21-11-12-24(32-26(21)34(23)30)33-27(35)22(29)17-18-7-4-3-5-8-18/h2-9,11-13,15,22H,10,14,16-17,29-30H2,1H3,(H,32,33,35)/b9-6-,20-2+. The summed E-state index contributed by atoms with van der Waals surface area (Å²) in [5, 5.41) is 3.66. The molecule has 0 saturated carbocycles. The van der Waals surface area contributed by atoms with Crippen molar-refractivity contribution in [1.29, 1.82) is 0 Å². The van der Waals surface area contributed by atoms with Crippen LogP contribution in [0.1, 0.15) is 30.2 Å². The van der Waals surface area contributed by atoms with Gasteiger partial charge in [0, 0.05) is 30.1 Å². The number of allylic oxidation sites excluding steroid dienone is 5. The molecule has 0 aliphatic carbocycles. The van der Waals surface area contributed by atoms with Gasteiger partial charge in [-0.25, -0.2) is 14.1 Å². The summed E-state index contributed by atoms with van der Waals surface area (Å²) in [6.45, 7) is 2.33. The lowest BCUT2D eigenvalue weighted by Crippen LogP contribution is -2.37. The summed E-state index contributed by atoms with van der Waals surface area (Å²) in [6.07, 6.45) is 9.91. The van der Waals surface area contributed by atoms with Crippen LogP contribution < -0.4 is 16.9 Å². The van der Waals surface area contributed by atoms with Crippen molar-refractivity contribution in [2.24, 2.45) is 10.7 Å². The second kappa shape index (κ2) is 10.9. The number of aliphatic imine (C=N–C) groups is 1. The monoisotopic (exact) mass is 472 g/mol. The fourth-order valence-electron chi connectivity index (χ4n) is 4.11. The maximum absolute atomic E-state index is 13.6. The molecule has 1 aliphatic rings. The number of dihydropyridines is 1. The van der Waals surface area contributed by atoms with Crippen LogP contribution in [0.3, 0.4) is 0 Å². The number of nitrogens with one attached hydrogen (secondary N) is 1. The number of anilines is 1. The summed E-state index contributed by atoms with van der Waals surface area (Å²) >= 11 is 0. The van der Waals surface area contributed by atoms with Gasteiger partial charge in [0.25, 0.3) is 0 Å². The lowest BCUT2D eigenvalue weighted by Gasteiger charge is -2.12. The first-order chi connectivity index (χ1) is 17.0. The van der Waals surface area contributed by atoms with Gasteiger partial charge in [-0.2, -0.15) is 0 Å². The Morgan fingerprint density at radius 3 is 2.77 bits per heavy atom. The van der Waals surface area contributed by atoms with Gasteiger partial charge >= 0.3 is 0 Å². The zero-order valence-electron chi connectivity index (χ0n) is 19.6. The number of hydrogen-bond donors (Lipinski definition) is 3. The maximum Gasteiger partial charge on any atom is 0.242 e. The molecular weight excluding hydrogens is 443 g/mol. The highest BCUT2D eigenvalue weighted by Gasteiger charge is 2.21. The van der Waals surface area contributed by atoms with Crippen molar-refractivity contribution in [2.45, 2.75) is 32.2 Å². The Labute approximate surface area is 203 Å². The molecule has 8 heteroatoms. The Morgan fingerprint density at radius 2 is 2.06 bits per heavy atom. The largest absolute Gasteiger partial charge is 0.337 e. The van der Waals surface area contributed by atoms with Crippen LogP contribution in [-0.4, -0.2) is 34.4 Å². The van der Waals surface area contributed by atoms with Gasteiger partial charge in [-0.3, -0.25) is 9.79 Å². The minimum atomic E-state index is -0.719. The Morgan fingerprint density at radius 1 is 1.26 bits per heavy atom. The highest BCUT2D eigenvalue weighted by molar-refractivity contribution is 5.99. The Balaban J connectivity index is 1.64. The van der Waals surface area contributed by atoms with E-state index >= 15 is 0 Å². The SMILES string of the molecule is C/C=C(F)\C=C/Cc1c(C2=CC=NCC2)c2ccc(NC(=O)C(N)Cc3ccccc3)nc2n1N. The number of benzene rings is 1. The second-order valence-electron chi connectivity index (χ2n) is 8.32. The number of nitrogen functional groups attached to an aromatic ring is 1. The number of amides is 1. The summed E-state index contributed by atoms with van der Waals surface area (Å²) in [6, 6.07) is 12.5. The van der Waals surface area contributed by atoms with Gasteiger partial charge in [-0.15, -0.1) is 0 Å². The molecule has 3 aromatic rings. The highest BCUT2D eigenvalue weighted by atomic mass is 19.1. The van der Waals surface area contributed by atoms with Gasteiger partial charge in [-0.1, -0.05) is 42.5 Å². The van der Waals surface area contributed by atoms with Crippen molar-refractivity contribution in [3.05, 3.63) is 89.4 Å². The predicted octanol–water partition coefficient (Wildman–Crippen LogP) is 4.09. The van der Waals surface area contributed by atoms with E-state index in [1.54, 1.807) is 25.3 Å². The molecule has 1 aromatic carbocycles. The minimum absolute atomic E-state index is 0.315. The summed E-state index contributed by atoms with van der Waals surface area (Å²) in [4.78, 5) is 21.6. The van der Waals surface area contributed by atoms with Gasteiger partial charge in [0.05, 0.1) is 11.7 Å². The minimum Gasteiger partial charge on any atom is -0.337 e. The molecule has 1 aliphatic heterocycles. The van der Waals surface area contributed by atoms with E-state index in [-0.39, 0.29) is 11.7 Å². The maximum atomic E-state index is 13.6. The molecule has 180 valence electrons. The summed E-state index contributed by atoms with van der Waals surface area (Å²) < 4.78 is 15.1. The zero-order valence-corrected chi connectivity index (χ0v) is 19.6. The van der Waals surface area contributed by atoms with Gasteiger partial charge < -0.3 is 16.9 Å². The molecule has 5 N–H and O–H groups in total. The lowest BCUT2D eigenvalue weighted by molar-refractivity contribution is -0.117. The average molecular weight is 473 g/mol. The number of nitrogens with two attached hydrogens (primary N) is 2. The van der Waals surface area contributed by atoms with E-state index < -0.39 is 6.04 Å². The smallest absolute Gasteiger partial charge is 0.242 e. The fraction of sp³-hybridized carbons (Fsp3) is 0.222. The molecule has 1 amide bonds. The van der Waals surface area contributed by atoms with Crippen molar-refractivity contribution in [1.82, 2.24) is 9.66 Å². The molecule has 0 radical (unpaired) electrons. The van der Waals surface area contributed by atoms with E-state index in [2.05, 4.69) is 15.3 Å². The third kappa shape index (κ3) is 5.55. The van der Waals surface area contributed by atoms with Crippen LogP contribution in [0.2, 0.25) is 0 Å². The molecule has 35 heavy (non-hydrogen) atoms. The summed E-state index contributed by atoms with van der Waals surface area (Å²) in [5.74, 6) is 6.19. The molecule has 1 atom stereocenters. The van der Waals surface area contributed by atoms with E-state index in [0.29, 0.717) is 30.9 Å². The molecule has 2 aromatic heterocycles. The number of aromatic nitrogens is 2. The molecule has 1 unspecified atom stereocenters. The first-order valence-electron chi connectivity index (χ1n) is 11.6. The van der Waals surface area contributed by atoms with Gasteiger partial charge in [-0.05, 0) is 55.2 Å². The zero-order chi connectivity index (χ0) is 24.8. The van der Waals surface area contributed by atoms with Crippen molar-refractivity contribution in [2.75, 3.05) is 17.7 Å². The number of hydrogen-bond acceptors (Lipinski definition) is 5.